The minimum absolute atomic E-state index is 0.257. The highest BCUT2D eigenvalue weighted by molar-refractivity contribution is 5.83. The van der Waals surface area contributed by atoms with E-state index in [0.29, 0.717) is 0 Å². The van der Waals surface area contributed by atoms with Gasteiger partial charge in [-0.3, -0.25) is 19.3 Å². The van der Waals surface area contributed by atoms with E-state index in [9.17, 15) is 14.4 Å². The van der Waals surface area contributed by atoms with E-state index in [4.69, 9.17) is 10.8 Å². The Balaban J connectivity index is 4.67. The predicted molar refractivity (Wildman–Crippen MR) is 56.6 cm³/mol. The lowest BCUT2D eigenvalue weighted by atomic mass is 10.2. The molecule has 92 valence electrons. The molecule has 0 aliphatic carbocycles. The van der Waals surface area contributed by atoms with Crippen LogP contribution in [0, 0.1) is 0 Å². The van der Waals surface area contributed by atoms with Gasteiger partial charge in [0.1, 0.15) is 0 Å². The fraction of sp³-hybridized carbons (Fsp3) is 0.667. The number of carbonyl (C=O) groups is 3. The van der Waals surface area contributed by atoms with Crippen molar-refractivity contribution in [3.05, 3.63) is 0 Å². The standard InChI is InChI=1S/C9H17N3O4/c1-6(9(16)11(2)3)12(4-7(10)13)5-8(14)15/h6H,4-5H2,1-3H3,(H2,10,13)(H,14,15). The van der Waals surface area contributed by atoms with E-state index >= 15 is 0 Å². The Labute approximate surface area is 93.8 Å². The molecular formula is C9H17N3O4. The highest BCUT2D eigenvalue weighted by Crippen LogP contribution is 2.01. The van der Waals surface area contributed by atoms with E-state index in [0.717, 1.165) is 0 Å². The van der Waals surface area contributed by atoms with E-state index in [-0.39, 0.29) is 12.5 Å². The van der Waals surface area contributed by atoms with Crippen LogP contribution in [0.25, 0.3) is 0 Å². The smallest absolute Gasteiger partial charge is 0.317 e. The molecule has 0 spiro atoms. The first-order valence-electron chi connectivity index (χ1n) is 4.71. The van der Waals surface area contributed by atoms with Crippen molar-refractivity contribution in [2.24, 2.45) is 5.73 Å². The predicted octanol–water partition coefficient (Wildman–Crippen LogP) is -1.66. The minimum Gasteiger partial charge on any atom is -0.480 e. The molecule has 3 N–H and O–H groups in total. The van der Waals surface area contributed by atoms with Gasteiger partial charge in [-0.25, -0.2) is 0 Å². The maximum absolute atomic E-state index is 11.6. The van der Waals surface area contributed by atoms with Gasteiger partial charge < -0.3 is 15.7 Å². The van der Waals surface area contributed by atoms with Crippen molar-refractivity contribution >= 4 is 17.8 Å². The topological polar surface area (TPSA) is 104 Å². The summed E-state index contributed by atoms with van der Waals surface area (Å²) in [7, 11) is 3.12. The number of nitrogens with two attached hydrogens (primary N) is 1. The lowest BCUT2D eigenvalue weighted by Crippen LogP contribution is -2.49. The summed E-state index contributed by atoms with van der Waals surface area (Å²) in [4.78, 5) is 35.5. The molecule has 0 rings (SSSR count). The summed E-state index contributed by atoms with van der Waals surface area (Å²) in [6.07, 6.45) is 0. The van der Waals surface area contributed by atoms with Crippen molar-refractivity contribution in [1.29, 1.82) is 0 Å². The van der Waals surface area contributed by atoms with Crippen LogP contribution in [-0.4, -0.2) is 65.9 Å². The molecule has 7 nitrogen and oxygen atoms in total. The number of aliphatic carboxylic acids is 1. The van der Waals surface area contributed by atoms with Gasteiger partial charge >= 0.3 is 5.97 Å². The molecule has 16 heavy (non-hydrogen) atoms. The van der Waals surface area contributed by atoms with Crippen LogP contribution in [0.1, 0.15) is 6.92 Å². The molecule has 0 aliphatic rings. The number of nitrogens with zero attached hydrogens (tertiary/aromatic N) is 2. The SMILES string of the molecule is CC(C(=O)N(C)C)N(CC(N)=O)CC(=O)O. The van der Waals surface area contributed by atoms with Crippen LogP contribution in [0.4, 0.5) is 0 Å². The second kappa shape index (κ2) is 6.06. The van der Waals surface area contributed by atoms with Crippen LogP contribution in [0.15, 0.2) is 0 Å². The highest BCUT2D eigenvalue weighted by atomic mass is 16.4. The zero-order valence-corrected chi connectivity index (χ0v) is 9.64. The van der Waals surface area contributed by atoms with Crippen molar-refractivity contribution < 1.29 is 19.5 Å². The molecule has 0 aromatic heterocycles. The average molecular weight is 231 g/mol. The van der Waals surface area contributed by atoms with E-state index < -0.39 is 24.5 Å². The van der Waals surface area contributed by atoms with E-state index in [1.165, 1.54) is 16.7 Å². The summed E-state index contributed by atoms with van der Waals surface area (Å²) in [6, 6.07) is -0.696. The van der Waals surface area contributed by atoms with Crippen LogP contribution in [0.2, 0.25) is 0 Å². The van der Waals surface area contributed by atoms with Crippen molar-refractivity contribution in [3.63, 3.8) is 0 Å². The largest absolute Gasteiger partial charge is 0.480 e. The second-order valence-electron chi connectivity index (χ2n) is 3.67. The molecule has 1 atom stereocenters. The third kappa shape index (κ3) is 4.74. The van der Waals surface area contributed by atoms with Gasteiger partial charge in [0.05, 0.1) is 19.1 Å². The first-order chi connectivity index (χ1) is 7.25. The molecule has 0 saturated carbocycles. The molecule has 0 aliphatic heterocycles. The Kier molecular flexibility index (Phi) is 5.44. The molecule has 0 radical (unpaired) electrons. The summed E-state index contributed by atoms with van der Waals surface area (Å²) in [5.74, 6) is -2.05. The van der Waals surface area contributed by atoms with Gasteiger partial charge in [0.25, 0.3) is 0 Å². The Morgan fingerprint density at radius 2 is 1.75 bits per heavy atom. The number of hydrogen-bond donors (Lipinski definition) is 2. The summed E-state index contributed by atoms with van der Waals surface area (Å²) in [5, 5.41) is 8.65. The second-order valence-corrected chi connectivity index (χ2v) is 3.67. The number of carboxylic acids is 1. The molecule has 0 bridgehead atoms. The Morgan fingerprint density at radius 3 is 2.06 bits per heavy atom. The first-order valence-corrected chi connectivity index (χ1v) is 4.71. The van der Waals surface area contributed by atoms with E-state index in [1.54, 1.807) is 14.1 Å². The van der Waals surface area contributed by atoms with Gasteiger partial charge in [0.15, 0.2) is 0 Å². The van der Waals surface area contributed by atoms with Gasteiger partial charge in [0.2, 0.25) is 11.8 Å². The van der Waals surface area contributed by atoms with Gasteiger partial charge in [-0.1, -0.05) is 0 Å². The van der Waals surface area contributed by atoms with Gasteiger partial charge in [-0.2, -0.15) is 0 Å². The third-order valence-electron chi connectivity index (χ3n) is 2.04. The van der Waals surface area contributed by atoms with Gasteiger partial charge in [-0.15, -0.1) is 0 Å². The van der Waals surface area contributed by atoms with Crippen LogP contribution in [0.5, 0.6) is 0 Å². The van der Waals surface area contributed by atoms with Gasteiger partial charge in [0, 0.05) is 14.1 Å². The normalized spacial score (nSPS) is 12.2. The van der Waals surface area contributed by atoms with Crippen molar-refractivity contribution in [3.8, 4) is 0 Å². The number of hydrogen-bond acceptors (Lipinski definition) is 4. The van der Waals surface area contributed by atoms with Gasteiger partial charge in [-0.05, 0) is 6.92 Å². The van der Waals surface area contributed by atoms with Crippen LogP contribution < -0.4 is 5.73 Å². The molecule has 0 aromatic rings. The van der Waals surface area contributed by atoms with Crippen molar-refractivity contribution in [2.45, 2.75) is 13.0 Å². The summed E-state index contributed by atoms with van der Waals surface area (Å²) >= 11 is 0. The molecule has 0 saturated heterocycles. The zero-order chi connectivity index (χ0) is 12.9. The van der Waals surface area contributed by atoms with Crippen LogP contribution in [0.3, 0.4) is 0 Å². The summed E-state index contributed by atoms with van der Waals surface area (Å²) < 4.78 is 0. The van der Waals surface area contributed by atoms with Crippen LogP contribution >= 0.6 is 0 Å². The average Bonchev–Trinajstić information content (AvgIpc) is 2.12. The number of likely N-dealkylation sites (N-methyl/N-ethyl adjacent to an activating group) is 1. The minimum atomic E-state index is -1.11. The zero-order valence-electron chi connectivity index (χ0n) is 9.64. The van der Waals surface area contributed by atoms with Crippen LogP contribution in [-0.2, 0) is 14.4 Å². The van der Waals surface area contributed by atoms with Crippen molar-refractivity contribution in [2.75, 3.05) is 27.2 Å². The monoisotopic (exact) mass is 231 g/mol. The first kappa shape index (κ1) is 14.4. The number of amides is 2. The molecule has 0 fully saturated rings. The maximum Gasteiger partial charge on any atom is 0.317 e. The fourth-order valence-electron chi connectivity index (χ4n) is 1.23. The maximum atomic E-state index is 11.6. The molecule has 0 heterocycles. The fourth-order valence-corrected chi connectivity index (χ4v) is 1.23. The summed E-state index contributed by atoms with van der Waals surface area (Å²) in [5.41, 5.74) is 4.98. The number of primary amides is 1. The van der Waals surface area contributed by atoms with E-state index in [1.807, 2.05) is 0 Å². The third-order valence-corrected chi connectivity index (χ3v) is 2.04. The lowest BCUT2D eigenvalue weighted by molar-refractivity contribution is -0.141. The number of carbonyl (C=O) groups excluding carboxylic acids is 2. The highest BCUT2D eigenvalue weighted by Gasteiger charge is 2.25. The van der Waals surface area contributed by atoms with E-state index in [2.05, 4.69) is 0 Å². The Morgan fingerprint density at radius 1 is 1.25 bits per heavy atom. The molecule has 7 heteroatoms. The quantitative estimate of drug-likeness (QED) is 0.569. The molecule has 0 aromatic carbocycles. The number of carboxylic acid groups (broad SMARTS) is 1. The summed E-state index contributed by atoms with van der Waals surface area (Å²) in [6.45, 7) is 0.880. The Bertz CT molecular complexity index is 274. The number of rotatable bonds is 6. The lowest BCUT2D eigenvalue weighted by Gasteiger charge is -2.27. The molecule has 2 amide bonds. The Hall–Kier alpha value is -1.63. The molecular weight excluding hydrogens is 214 g/mol. The van der Waals surface area contributed by atoms with Crippen molar-refractivity contribution in [1.82, 2.24) is 9.80 Å². The molecule has 1 unspecified atom stereocenters.